The molecule has 0 unspecified atom stereocenters. The summed E-state index contributed by atoms with van der Waals surface area (Å²) >= 11 is 0. The van der Waals surface area contributed by atoms with Crippen LogP contribution in [0.4, 0.5) is 5.69 Å². The molecule has 0 aliphatic carbocycles. The number of ether oxygens (including phenoxy) is 1. The fraction of sp³-hybridized carbons (Fsp3) is 0.357. The van der Waals surface area contributed by atoms with Gasteiger partial charge < -0.3 is 14.6 Å². The largest absolute Gasteiger partial charge is 0.383 e. The number of sulfonamides is 1. The van der Waals surface area contributed by atoms with Gasteiger partial charge in [0.2, 0.25) is 15.9 Å². The van der Waals surface area contributed by atoms with Crippen LogP contribution >= 0.6 is 0 Å². The Balaban J connectivity index is 2.03. The highest BCUT2D eigenvalue weighted by molar-refractivity contribution is 7.89. The molecular formula is C14H19N5O4S. The first-order valence-electron chi connectivity index (χ1n) is 7.15. The van der Waals surface area contributed by atoms with Crippen LogP contribution in [0.1, 0.15) is 12.7 Å². The highest BCUT2D eigenvalue weighted by Gasteiger charge is 2.15. The lowest BCUT2D eigenvalue weighted by molar-refractivity contribution is -0.114. The molecule has 1 amide bonds. The number of carbonyl (C=O) groups excluding carboxylic acids is 1. The monoisotopic (exact) mass is 353 g/mol. The van der Waals surface area contributed by atoms with Crippen molar-refractivity contribution in [2.45, 2.75) is 24.9 Å². The predicted octanol–water partition coefficient (Wildman–Crippen LogP) is 0.361. The van der Waals surface area contributed by atoms with Crippen molar-refractivity contribution in [1.82, 2.24) is 19.5 Å². The van der Waals surface area contributed by atoms with Gasteiger partial charge in [0.15, 0.2) is 0 Å². The van der Waals surface area contributed by atoms with E-state index in [1.165, 1.54) is 37.5 Å². The number of hydrogen-bond acceptors (Lipinski definition) is 6. The minimum absolute atomic E-state index is 0.0134. The molecule has 0 aliphatic heterocycles. The minimum Gasteiger partial charge on any atom is -0.383 e. The number of amides is 1. The summed E-state index contributed by atoms with van der Waals surface area (Å²) in [4.78, 5) is 11.1. The van der Waals surface area contributed by atoms with Gasteiger partial charge in [0.25, 0.3) is 0 Å². The van der Waals surface area contributed by atoms with E-state index in [1.807, 2.05) is 0 Å². The average Bonchev–Trinajstić information content (AvgIpc) is 2.98. The summed E-state index contributed by atoms with van der Waals surface area (Å²) in [5.41, 5.74) is 0.528. The summed E-state index contributed by atoms with van der Waals surface area (Å²) in [6.07, 6.45) is 1.52. The van der Waals surface area contributed by atoms with Crippen molar-refractivity contribution in [3.05, 3.63) is 36.4 Å². The Morgan fingerprint density at radius 3 is 2.62 bits per heavy atom. The third kappa shape index (κ3) is 4.85. The Kier molecular flexibility index (Phi) is 6.01. The van der Waals surface area contributed by atoms with Gasteiger partial charge in [-0.05, 0) is 24.3 Å². The maximum Gasteiger partial charge on any atom is 0.240 e. The van der Waals surface area contributed by atoms with E-state index < -0.39 is 10.0 Å². The second-order valence-electron chi connectivity index (χ2n) is 4.96. The molecule has 0 fully saturated rings. The van der Waals surface area contributed by atoms with Crippen LogP contribution in [0.5, 0.6) is 0 Å². The lowest BCUT2D eigenvalue weighted by Gasteiger charge is -2.09. The van der Waals surface area contributed by atoms with Gasteiger partial charge in [0.1, 0.15) is 12.2 Å². The number of nitrogens with one attached hydrogen (secondary N) is 2. The maximum absolute atomic E-state index is 12.3. The van der Waals surface area contributed by atoms with Gasteiger partial charge >= 0.3 is 0 Å². The van der Waals surface area contributed by atoms with E-state index in [4.69, 9.17) is 4.74 Å². The Hall–Kier alpha value is -2.30. The lowest BCUT2D eigenvalue weighted by Crippen LogP contribution is -2.25. The van der Waals surface area contributed by atoms with E-state index in [0.717, 1.165) is 0 Å². The first kappa shape index (κ1) is 18.0. The molecule has 0 aliphatic rings. The molecule has 0 saturated heterocycles. The summed E-state index contributed by atoms with van der Waals surface area (Å²) < 4.78 is 33.8. The normalized spacial score (nSPS) is 11.4. The standard InChI is InChI=1S/C14H19N5O4S/c1-11(20)17-12-3-5-13(6-4-12)24(21,22)16-9-14-18-15-10-19(14)7-8-23-2/h3-6,10,16H,7-9H2,1-2H3,(H,17,20). The van der Waals surface area contributed by atoms with Gasteiger partial charge in [-0.2, -0.15) is 0 Å². The van der Waals surface area contributed by atoms with Crippen molar-refractivity contribution in [1.29, 1.82) is 0 Å². The van der Waals surface area contributed by atoms with E-state index in [2.05, 4.69) is 20.2 Å². The van der Waals surface area contributed by atoms with Crippen LogP contribution in [-0.4, -0.2) is 42.8 Å². The second-order valence-corrected chi connectivity index (χ2v) is 6.73. The lowest BCUT2D eigenvalue weighted by atomic mass is 10.3. The van der Waals surface area contributed by atoms with E-state index >= 15 is 0 Å². The van der Waals surface area contributed by atoms with E-state index in [9.17, 15) is 13.2 Å². The first-order valence-corrected chi connectivity index (χ1v) is 8.63. The minimum atomic E-state index is -3.69. The number of aromatic nitrogens is 3. The molecule has 0 atom stereocenters. The van der Waals surface area contributed by atoms with Gasteiger partial charge in [-0.1, -0.05) is 0 Å². The van der Waals surface area contributed by atoms with Crippen LogP contribution in [-0.2, 0) is 32.6 Å². The summed E-state index contributed by atoms with van der Waals surface area (Å²) in [5, 5.41) is 10.2. The zero-order chi connectivity index (χ0) is 17.6. The average molecular weight is 353 g/mol. The van der Waals surface area contributed by atoms with E-state index in [-0.39, 0.29) is 17.3 Å². The molecule has 0 spiro atoms. The molecular weight excluding hydrogens is 334 g/mol. The molecule has 10 heteroatoms. The van der Waals surface area contributed by atoms with Crippen LogP contribution in [0.2, 0.25) is 0 Å². The summed E-state index contributed by atoms with van der Waals surface area (Å²) in [6, 6.07) is 5.89. The van der Waals surface area contributed by atoms with Crippen molar-refractivity contribution in [2.24, 2.45) is 0 Å². The molecule has 2 rings (SSSR count). The molecule has 0 bridgehead atoms. The number of benzene rings is 1. The Labute approximate surface area is 140 Å². The Morgan fingerprint density at radius 2 is 2.00 bits per heavy atom. The van der Waals surface area contributed by atoms with E-state index in [1.54, 1.807) is 11.7 Å². The Morgan fingerprint density at radius 1 is 1.29 bits per heavy atom. The number of nitrogens with zero attached hydrogens (tertiary/aromatic N) is 3. The van der Waals surface area contributed by atoms with Gasteiger partial charge in [-0.3, -0.25) is 4.79 Å². The molecule has 1 heterocycles. The smallest absolute Gasteiger partial charge is 0.240 e. The number of rotatable bonds is 8. The van der Waals surface area contributed by atoms with Crippen molar-refractivity contribution >= 4 is 21.6 Å². The third-order valence-corrected chi connectivity index (χ3v) is 4.55. The number of methoxy groups -OCH3 is 1. The van der Waals surface area contributed by atoms with Gasteiger partial charge in [-0.25, -0.2) is 13.1 Å². The van der Waals surface area contributed by atoms with Crippen molar-refractivity contribution < 1.29 is 17.9 Å². The predicted molar refractivity (Wildman–Crippen MR) is 86.7 cm³/mol. The molecule has 9 nitrogen and oxygen atoms in total. The van der Waals surface area contributed by atoms with Gasteiger partial charge in [0, 0.05) is 26.3 Å². The molecule has 0 saturated carbocycles. The highest BCUT2D eigenvalue weighted by atomic mass is 32.2. The Bertz CT molecular complexity index is 786. The summed E-state index contributed by atoms with van der Waals surface area (Å²) in [7, 11) is -2.11. The van der Waals surface area contributed by atoms with Crippen LogP contribution in [0.15, 0.2) is 35.5 Å². The zero-order valence-electron chi connectivity index (χ0n) is 13.4. The van der Waals surface area contributed by atoms with E-state index in [0.29, 0.717) is 24.7 Å². The van der Waals surface area contributed by atoms with Crippen LogP contribution in [0, 0.1) is 0 Å². The van der Waals surface area contributed by atoms with Crippen molar-refractivity contribution in [3.8, 4) is 0 Å². The molecule has 0 radical (unpaired) electrons. The van der Waals surface area contributed by atoms with Crippen LogP contribution < -0.4 is 10.0 Å². The van der Waals surface area contributed by atoms with Crippen molar-refractivity contribution in [3.63, 3.8) is 0 Å². The van der Waals surface area contributed by atoms with Crippen molar-refractivity contribution in [2.75, 3.05) is 19.0 Å². The molecule has 24 heavy (non-hydrogen) atoms. The maximum atomic E-state index is 12.3. The van der Waals surface area contributed by atoms with Gasteiger partial charge in [0.05, 0.1) is 18.0 Å². The number of hydrogen-bond donors (Lipinski definition) is 2. The third-order valence-electron chi connectivity index (χ3n) is 3.14. The van der Waals surface area contributed by atoms with Crippen LogP contribution in [0.25, 0.3) is 0 Å². The quantitative estimate of drug-likeness (QED) is 0.708. The fourth-order valence-corrected chi connectivity index (χ4v) is 2.94. The number of carbonyl (C=O) groups is 1. The molecule has 2 aromatic rings. The van der Waals surface area contributed by atoms with Crippen LogP contribution in [0.3, 0.4) is 0 Å². The molecule has 1 aromatic heterocycles. The molecule has 130 valence electrons. The first-order chi connectivity index (χ1) is 11.4. The highest BCUT2D eigenvalue weighted by Crippen LogP contribution is 2.14. The number of anilines is 1. The molecule has 2 N–H and O–H groups in total. The fourth-order valence-electron chi connectivity index (χ4n) is 1.96. The summed E-state index contributed by atoms with van der Waals surface area (Å²) in [5.74, 6) is 0.268. The summed E-state index contributed by atoms with van der Waals surface area (Å²) in [6.45, 7) is 2.40. The zero-order valence-corrected chi connectivity index (χ0v) is 14.2. The SMILES string of the molecule is COCCn1cnnc1CNS(=O)(=O)c1ccc(NC(C)=O)cc1. The molecule has 1 aromatic carbocycles. The second kappa shape index (κ2) is 7.99. The topological polar surface area (TPSA) is 115 Å². The van der Waals surface area contributed by atoms with Gasteiger partial charge in [-0.15, -0.1) is 10.2 Å².